The normalized spacial score (nSPS) is 11.7. The van der Waals surface area contributed by atoms with Gasteiger partial charge in [0, 0.05) is 13.2 Å². The summed E-state index contributed by atoms with van der Waals surface area (Å²) in [6.07, 6.45) is 1.47. The van der Waals surface area contributed by atoms with E-state index in [-0.39, 0.29) is 0 Å². The van der Waals surface area contributed by atoms with Crippen molar-refractivity contribution in [2.24, 2.45) is 7.05 Å². The van der Waals surface area contributed by atoms with Crippen LogP contribution in [0.5, 0.6) is 0 Å². The lowest BCUT2D eigenvalue weighted by molar-refractivity contribution is -0.145. The van der Waals surface area contributed by atoms with E-state index in [0.29, 0.717) is 17.8 Å². The Morgan fingerprint density at radius 3 is 2.55 bits per heavy atom. The molecule has 0 aliphatic heterocycles. The van der Waals surface area contributed by atoms with Crippen molar-refractivity contribution >= 4 is 23.7 Å². The highest BCUT2D eigenvalue weighted by Crippen LogP contribution is 2.13. The zero-order chi connectivity index (χ0) is 15.3. The number of carboxylic acids is 2. The Kier molecular flexibility index (Phi) is 5.07. The van der Waals surface area contributed by atoms with Crippen LogP contribution in [0.25, 0.3) is 0 Å². The van der Waals surface area contributed by atoms with Crippen molar-refractivity contribution in [3.05, 3.63) is 11.9 Å². The van der Waals surface area contributed by atoms with Crippen LogP contribution in [0.2, 0.25) is 0 Å². The van der Waals surface area contributed by atoms with Crippen LogP contribution in [0.15, 0.2) is 6.20 Å². The minimum Gasteiger partial charge on any atom is -0.481 e. The van der Waals surface area contributed by atoms with Gasteiger partial charge in [-0.1, -0.05) is 6.92 Å². The molecule has 1 rings (SSSR count). The highest BCUT2D eigenvalue weighted by molar-refractivity contribution is 5.93. The van der Waals surface area contributed by atoms with E-state index in [1.807, 2.05) is 6.92 Å². The number of aromatic nitrogens is 2. The van der Waals surface area contributed by atoms with E-state index in [1.165, 1.54) is 4.68 Å². The number of amides is 2. The summed E-state index contributed by atoms with van der Waals surface area (Å²) in [4.78, 5) is 33.0. The summed E-state index contributed by atoms with van der Waals surface area (Å²) in [6.45, 7) is 1.86. The summed E-state index contributed by atoms with van der Waals surface area (Å²) in [5.74, 6) is -2.72. The number of urea groups is 1. The third-order valence-electron chi connectivity index (χ3n) is 2.47. The van der Waals surface area contributed by atoms with Crippen molar-refractivity contribution in [1.29, 1.82) is 0 Å². The van der Waals surface area contributed by atoms with Gasteiger partial charge in [-0.2, -0.15) is 5.10 Å². The molecule has 0 fully saturated rings. The number of anilines is 1. The van der Waals surface area contributed by atoms with Crippen molar-refractivity contribution < 1.29 is 24.6 Å². The summed E-state index contributed by atoms with van der Waals surface area (Å²) in [7, 11) is 1.69. The fraction of sp³-hybridized carbons (Fsp3) is 0.455. The monoisotopic (exact) mass is 284 g/mol. The van der Waals surface area contributed by atoms with Gasteiger partial charge in [-0.3, -0.25) is 9.48 Å². The summed E-state index contributed by atoms with van der Waals surface area (Å²) in [5.41, 5.74) is 1.10. The average Bonchev–Trinajstić information content (AvgIpc) is 2.67. The zero-order valence-corrected chi connectivity index (χ0v) is 11.1. The van der Waals surface area contributed by atoms with Gasteiger partial charge in [-0.15, -0.1) is 0 Å². The van der Waals surface area contributed by atoms with Crippen molar-refractivity contribution in [3.8, 4) is 0 Å². The SMILES string of the molecule is CCc1nn(C)cc1NC(=O)N[C@H](CC(=O)O)C(=O)O. The molecule has 1 atom stereocenters. The molecule has 0 aromatic carbocycles. The molecule has 0 radical (unpaired) electrons. The van der Waals surface area contributed by atoms with Gasteiger partial charge in [0.1, 0.15) is 6.04 Å². The van der Waals surface area contributed by atoms with Crippen LogP contribution in [-0.4, -0.2) is 44.0 Å². The Morgan fingerprint density at radius 2 is 2.05 bits per heavy atom. The first-order valence-electron chi connectivity index (χ1n) is 5.88. The second-order valence-corrected chi connectivity index (χ2v) is 4.10. The van der Waals surface area contributed by atoms with Crippen LogP contribution < -0.4 is 10.6 Å². The number of nitrogens with zero attached hydrogens (tertiary/aromatic N) is 2. The largest absolute Gasteiger partial charge is 0.481 e. The fourth-order valence-corrected chi connectivity index (χ4v) is 1.59. The number of carboxylic acid groups (broad SMARTS) is 2. The van der Waals surface area contributed by atoms with Crippen molar-refractivity contribution in [3.63, 3.8) is 0 Å². The van der Waals surface area contributed by atoms with E-state index < -0.39 is 30.4 Å². The molecule has 0 unspecified atom stereocenters. The molecule has 0 aliphatic rings. The molecule has 0 spiro atoms. The lowest BCUT2D eigenvalue weighted by Crippen LogP contribution is -2.44. The van der Waals surface area contributed by atoms with Gasteiger partial charge in [0.2, 0.25) is 0 Å². The van der Waals surface area contributed by atoms with Crippen LogP contribution in [0.3, 0.4) is 0 Å². The van der Waals surface area contributed by atoms with Crippen LogP contribution >= 0.6 is 0 Å². The molecule has 1 aromatic rings. The number of carbonyl (C=O) groups excluding carboxylic acids is 1. The van der Waals surface area contributed by atoms with E-state index in [9.17, 15) is 14.4 Å². The number of carbonyl (C=O) groups is 3. The van der Waals surface area contributed by atoms with Gasteiger partial charge in [0.25, 0.3) is 0 Å². The van der Waals surface area contributed by atoms with Gasteiger partial charge in [-0.25, -0.2) is 9.59 Å². The molecule has 9 heteroatoms. The molecule has 0 saturated carbocycles. The third-order valence-corrected chi connectivity index (χ3v) is 2.47. The second-order valence-electron chi connectivity index (χ2n) is 4.10. The topological polar surface area (TPSA) is 134 Å². The van der Waals surface area contributed by atoms with E-state index in [0.717, 1.165) is 0 Å². The minimum atomic E-state index is -1.49. The molecule has 20 heavy (non-hydrogen) atoms. The lowest BCUT2D eigenvalue weighted by Gasteiger charge is -2.13. The molecular formula is C11H16N4O5. The maximum Gasteiger partial charge on any atom is 0.326 e. The van der Waals surface area contributed by atoms with Gasteiger partial charge in [0.05, 0.1) is 17.8 Å². The molecule has 2 amide bonds. The standard InChI is InChI=1S/C11H16N4O5/c1-3-6-8(5-15(2)14-6)13-11(20)12-7(10(18)19)4-9(16)17/h5,7H,3-4H2,1-2H3,(H,16,17)(H,18,19)(H2,12,13,20)/t7-/m1/s1. The first-order valence-corrected chi connectivity index (χ1v) is 5.88. The lowest BCUT2D eigenvalue weighted by atomic mass is 10.2. The van der Waals surface area contributed by atoms with Crippen molar-refractivity contribution in [1.82, 2.24) is 15.1 Å². The number of nitrogens with one attached hydrogen (secondary N) is 2. The van der Waals surface area contributed by atoms with Crippen LogP contribution in [0.1, 0.15) is 19.0 Å². The van der Waals surface area contributed by atoms with E-state index in [2.05, 4.69) is 15.7 Å². The first-order chi connectivity index (χ1) is 9.33. The maximum atomic E-state index is 11.7. The number of hydrogen-bond acceptors (Lipinski definition) is 4. The quantitative estimate of drug-likeness (QED) is 0.582. The Hall–Kier alpha value is -2.58. The fourth-order valence-electron chi connectivity index (χ4n) is 1.59. The van der Waals surface area contributed by atoms with Crippen molar-refractivity contribution in [2.75, 3.05) is 5.32 Å². The van der Waals surface area contributed by atoms with Crippen LogP contribution in [0.4, 0.5) is 10.5 Å². The van der Waals surface area contributed by atoms with Gasteiger partial charge < -0.3 is 20.8 Å². The molecule has 0 aliphatic carbocycles. The highest BCUT2D eigenvalue weighted by atomic mass is 16.4. The van der Waals surface area contributed by atoms with Gasteiger partial charge >= 0.3 is 18.0 Å². The maximum absolute atomic E-state index is 11.7. The molecule has 9 nitrogen and oxygen atoms in total. The predicted octanol–water partition coefficient (Wildman–Crippen LogP) is 0.0319. The molecule has 0 saturated heterocycles. The molecular weight excluding hydrogens is 268 g/mol. The Morgan fingerprint density at radius 1 is 1.40 bits per heavy atom. The Labute approximate surface area is 114 Å². The highest BCUT2D eigenvalue weighted by Gasteiger charge is 2.23. The van der Waals surface area contributed by atoms with Crippen LogP contribution in [-0.2, 0) is 23.1 Å². The second kappa shape index (κ2) is 6.55. The Balaban J connectivity index is 2.70. The van der Waals surface area contributed by atoms with E-state index in [1.54, 1.807) is 13.2 Å². The number of hydrogen-bond donors (Lipinski definition) is 4. The smallest absolute Gasteiger partial charge is 0.326 e. The summed E-state index contributed by atoms with van der Waals surface area (Å²) in [5, 5.41) is 26.0. The number of aliphatic carboxylic acids is 2. The predicted molar refractivity (Wildman–Crippen MR) is 68.4 cm³/mol. The molecule has 4 N–H and O–H groups in total. The molecule has 1 aromatic heterocycles. The number of rotatable bonds is 6. The summed E-state index contributed by atoms with van der Waals surface area (Å²) >= 11 is 0. The summed E-state index contributed by atoms with van der Waals surface area (Å²) in [6, 6.07) is -2.28. The molecule has 0 bridgehead atoms. The molecule has 110 valence electrons. The zero-order valence-electron chi connectivity index (χ0n) is 11.1. The van der Waals surface area contributed by atoms with Crippen LogP contribution in [0, 0.1) is 0 Å². The number of aryl methyl sites for hydroxylation is 2. The van der Waals surface area contributed by atoms with E-state index in [4.69, 9.17) is 10.2 Å². The van der Waals surface area contributed by atoms with Crippen molar-refractivity contribution in [2.45, 2.75) is 25.8 Å². The Bertz CT molecular complexity index is 525. The first kappa shape index (κ1) is 15.5. The molecule has 1 heterocycles. The summed E-state index contributed by atoms with van der Waals surface area (Å²) < 4.78 is 1.51. The average molecular weight is 284 g/mol. The minimum absolute atomic E-state index is 0.451. The van der Waals surface area contributed by atoms with Gasteiger partial charge in [0.15, 0.2) is 0 Å². The third kappa shape index (κ3) is 4.26. The van der Waals surface area contributed by atoms with E-state index >= 15 is 0 Å². The van der Waals surface area contributed by atoms with Gasteiger partial charge in [-0.05, 0) is 6.42 Å².